The number of hydrogen-bond acceptors (Lipinski definition) is 3. The SMILES string of the molecule is CC(NC(=O)CC1CC2CCC(C1)N2)c1cccc(NC(=O)c2ccccc2)c1. The Labute approximate surface area is 172 Å². The van der Waals surface area contributed by atoms with Crippen molar-refractivity contribution in [3.8, 4) is 0 Å². The molecule has 0 saturated carbocycles. The Bertz CT molecular complexity index is 855. The molecule has 3 N–H and O–H groups in total. The van der Waals surface area contributed by atoms with Crippen molar-refractivity contribution in [3.05, 3.63) is 65.7 Å². The molecule has 4 rings (SSSR count). The van der Waals surface area contributed by atoms with E-state index in [1.807, 2.05) is 49.4 Å². The lowest BCUT2D eigenvalue weighted by Crippen LogP contribution is -2.40. The van der Waals surface area contributed by atoms with Gasteiger partial charge in [0.25, 0.3) is 5.91 Å². The van der Waals surface area contributed by atoms with Crippen LogP contribution in [0.2, 0.25) is 0 Å². The van der Waals surface area contributed by atoms with Gasteiger partial charge in [-0.3, -0.25) is 9.59 Å². The van der Waals surface area contributed by atoms with Crippen molar-refractivity contribution >= 4 is 17.5 Å². The summed E-state index contributed by atoms with van der Waals surface area (Å²) >= 11 is 0. The zero-order valence-electron chi connectivity index (χ0n) is 16.9. The average molecular weight is 392 g/mol. The quantitative estimate of drug-likeness (QED) is 0.696. The van der Waals surface area contributed by atoms with Gasteiger partial charge in [-0.1, -0.05) is 30.3 Å². The first kappa shape index (κ1) is 19.6. The van der Waals surface area contributed by atoms with Crippen molar-refractivity contribution in [2.75, 3.05) is 5.32 Å². The summed E-state index contributed by atoms with van der Waals surface area (Å²) in [7, 11) is 0. The van der Waals surface area contributed by atoms with E-state index < -0.39 is 0 Å². The van der Waals surface area contributed by atoms with Gasteiger partial charge in [0, 0.05) is 29.8 Å². The summed E-state index contributed by atoms with van der Waals surface area (Å²) in [4.78, 5) is 24.9. The van der Waals surface area contributed by atoms with Crippen LogP contribution in [0.25, 0.3) is 0 Å². The highest BCUT2D eigenvalue weighted by Crippen LogP contribution is 2.32. The molecule has 2 aromatic carbocycles. The molecular weight excluding hydrogens is 362 g/mol. The lowest BCUT2D eigenvalue weighted by atomic mass is 9.89. The van der Waals surface area contributed by atoms with E-state index in [-0.39, 0.29) is 17.9 Å². The molecule has 3 atom stereocenters. The molecule has 2 fully saturated rings. The van der Waals surface area contributed by atoms with Crippen LogP contribution in [0.3, 0.4) is 0 Å². The highest BCUT2D eigenvalue weighted by atomic mass is 16.2. The highest BCUT2D eigenvalue weighted by molar-refractivity contribution is 6.04. The van der Waals surface area contributed by atoms with Crippen molar-refractivity contribution in [1.82, 2.24) is 10.6 Å². The van der Waals surface area contributed by atoms with E-state index in [1.54, 1.807) is 12.1 Å². The average Bonchev–Trinajstić information content (AvgIpc) is 3.06. The molecule has 2 aromatic rings. The second kappa shape index (κ2) is 8.78. The maximum atomic E-state index is 12.6. The second-order valence-electron chi connectivity index (χ2n) is 8.41. The first-order chi connectivity index (χ1) is 14.1. The molecule has 2 saturated heterocycles. The third-order valence-corrected chi connectivity index (χ3v) is 6.10. The van der Waals surface area contributed by atoms with Gasteiger partial charge < -0.3 is 16.0 Å². The molecule has 0 spiro atoms. The van der Waals surface area contributed by atoms with Gasteiger partial charge in [0.2, 0.25) is 5.91 Å². The molecule has 5 nitrogen and oxygen atoms in total. The minimum absolute atomic E-state index is 0.102. The van der Waals surface area contributed by atoms with Crippen LogP contribution in [0.5, 0.6) is 0 Å². The largest absolute Gasteiger partial charge is 0.350 e. The van der Waals surface area contributed by atoms with Crippen molar-refractivity contribution in [2.24, 2.45) is 5.92 Å². The van der Waals surface area contributed by atoms with Gasteiger partial charge in [-0.2, -0.15) is 0 Å². The van der Waals surface area contributed by atoms with Gasteiger partial charge in [-0.05, 0) is 68.4 Å². The van der Waals surface area contributed by atoms with E-state index >= 15 is 0 Å². The third kappa shape index (κ3) is 5.04. The Kier molecular flexibility index (Phi) is 5.95. The van der Waals surface area contributed by atoms with Gasteiger partial charge in [-0.15, -0.1) is 0 Å². The standard InChI is InChI=1S/C24H29N3O2/c1-16(25-23(28)14-17-12-21-10-11-22(13-17)26-21)19-8-5-9-20(15-19)27-24(29)18-6-3-2-4-7-18/h2-9,15-17,21-22,26H,10-14H2,1H3,(H,25,28)(H,27,29). The minimum Gasteiger partial charge on any atom is -0.350 e. The van der Waals surface area contributed by atoms with Crippen LogP contribution >= 0.6 is 0 Å². The van der Waals surface area contributed by atoms with Gasteiger partial charge in [0.05, 0.1) is 6.04 Å². The number of carbonyl (C=O) groups excluding carboxylic acids is 2. The van der Waals surface area contributed by atoms with Gasteiger partial charge in [-0.25, -0.2) is 0 Å². The van der Waals surface area contributed by atoms with Crippen LogP contribution < -0.4 is 16.0 Å². The summed E-state index contributed by atoms with van der Waals surface area (Å²) < 4.78 is 0. The Morgan fingerprint density at radius 2 is 1.76 bits per heavy atom. The van der Waals surface area contributed by atoms with Crippen molar-refractivity contribution in [1.29, 1.82) is 0 Å². The van der Waals surface area contributed by atoms with Crippen molar-refractivity contribution in [3.63, 3.8) is 0 Å². The summed E-state index contributed by atoms with van der Waals surface area (Å²) in [6, 6.07) is 17.9. The third-order valence-electron chi connectivity index (χ3n) is 6.10. The van der Waals surface area contributed by atoms with Crippen molar-refractivity contribution in [2.45, 2.75) is 57.2 Å². The summed E-state index contributed by atoms with van der Waals surface area (Å²) in [5.74, 6) is 0.458. The highest BCUT2D eigenvalue weighted by Gasteiger charge is 2.34. The van der Waals surface area contributed by atoms with Crippen LogP contribution in [0.4, 0.5) is 5.69 Å². The maximum Gasteiger partial charge on any atom is 0.255 e. The van der Waals surface area contributed by atoms with Crippen LogP contribution in [0, 0.1) is 5.92 Å². The number of fused-ring (bicyclic) bond motifs is 2. The number of amides is 2. The number of carbonyl (C=O) groups is 2. The molecule has 2 aliphatic rings. The monoisotopic (exact) mass is 391 g/mol. The fourth-order valence-corrected chi connectivity index (χ4v) is 4.67. The zero-order chi connectivity index (χ0) is 20.2. The van der Waals surface area contributed by atoms with Gasteiger partial charge in [0.1, 0.15) is 0 Å². The second-order valence-corrected chi connectivity index (χ2v) is 8.41. The van der Waals surface area contributed by atoms with Gasteiger partial charge >= 0.3 is 0 Å². The lowest BCUT2D eigenvalue weighted by molar-refractivity contribution is -0.122. The fraction of sp³-hybridized carbons (Fsp3) is 0.417. The van der Waals surface area contributed by atoms with Crippen LogP contribution in [0.15, 0.2) is 54.6 Å². The van der Waals surface area contributed by atoms with E-state index in [4.69, 9.17) is 0 Å². The Morgan fingerprint density at radius 1 is 1.03 bits per heavy atom. The number of rotatable bonds is 6. The Hall–Kier alpha value is -2.66. The molecule has 3 unspecified atom stereocenters. The van der Waals surface area contributed by atoms with E-state index in [1.165, 1.54) is 12.8 Å². The minimum atomic E-state index is -0.139. The molecule has 2 heterocycles. The molecule has 2 bridgehead atoms. The number of piperidine rings is 1. The Morgan fingerprint density at radius 3 is 2.48 bits per heavy atom. The lowest BCUT2D eigenvalue weighted by Gasteiger charge is -2.29. The Balaban J connectivity index is 1.32. The van der Waals surface area contributed by atoms with E-state index in [2.05, 4.69) is 16.0 Å². The van der Waals surface area contributed by atoms with Crippen LogP contribution in [0.1, 0.15) is 61.0 Å². The maximum absolute atomic E-state index is 12.6. The summed E-state index contributed by atoms with van der Waals surface area (Å²) in [5, 5.41) is 9.69. The number of nitrogens with one attached hydrogen (secondary N) is 3. The molecule has 29 heavy (non-hydrogen) atoms. The topological polar surface area (TPSA) is 70.2 Å². The molecule has 2 aliphatic heterocycles. The molecule has 0 aliphatic carbocycles. The first-order valence-electron chi connectivity index (χ1n) is 10.6. The molecule has 0 aromatic heterocycles. The summed E-state index contributed by atoms with van der Waals surface area (Å²) in [6.07, 6.45) is 5.32. The number of hydrogen-bond donors (Lipinski definition) is 3. The summed E-state index contributed by atoms with van der Waals surface area (Å²) in [6.45, 7) is 1.99. The first-order valence-corrected chi connectivity index (χ1v) is 10.6. The van der Waals surface area contributed by atoms with Crippen LogP contribution in [-0.4, -0.2) is 23.9 Å². The fourth-order valence-electron chi connectivity index (χ4n) is 4.67. The van der Waals surface area contributed by atoms with E-state index in [9.17, 15) is 9.59 Å². The predicted octanol–water partition coefficient (Wildman–Crippen LogP) is 4.04. The zero-order valence-corrected chi connectivity index (χ0v) is 16.9. The molecule has 0 radical (unpaired) electrons. The predicted molar refractivity (Wildman–Crippen MR) is 115 cm³/mol. The number of benzene rings is 2. The van der Waals surface area contributed by atoms with Crippen LogP contribution in [-0.2, 0) is 4.79 Å². The van der Waals surface area contributed by atoms with Gasteiger partial charge in [0.15, 0.2) is 0 Å². The molecular formula is C24H29N3O2. The van der Waals surface area contributed by atoms with Crippen molar-refractivity contribution < 1.29 is 9.59 Å². The summed E-state index contributed by atoms with van der Waals surface area (Å²) in [5.41, 5.74) is 2.33. The smallest absolute Gasteiger partial charge is 0.255 e. The van der Waals surface area contributed by atoms with E-state index in [0.29, 0.717) is 30.0 Å². The number of anilines is 1. The molecule has 2 amide bonds. The molecule has 152 valence electrons. The molecule has 5 heteroatoms. The normalized spacial score (nSPS) is 24.0. The van der Waals surface area contributed by atoms with E-state index in [0.717, 1.165) is 24.1 Å².